The van der Waals surface area contributed by atoms with E-state index in [0.717, 1.165) is 10.7 Å². The van der Waals surface area contributed by atoms with Crippen LogP contribution in [0, 0.1) is 24.4 Å². The van der Waals surface area contributed by atoms with Crippen LogP contribution in [0.5, 0.6) is 0 Å². The van der Waals surface area contributed by atoms with Crippen molar-refractivity contribution in [1.82, 2.24) is 15.0 Å². The van der Waals surface area contributed by atoms with Crippen LogP contribution in [0.1, 0.15) is 11.4 Å². The number of carboxylic acids is 1. The number of carboxylic acid groups (broad SMARTS) is 1. The van der Waals surface area contributed by atoms with Crippen molar-refractivity contribution in [3.63, 3.8) is 0 Å². The molecule has 0 aliphatic heterocycles. The van der Waals surface area contributed by atoms with E-state index in [4.69, 9.17) is 5.11 Å². The molecule has 1 N–H and O–H groups in total. The highest BCUT2D eigenvalue weighted by Gasteiger charge is 2.18. The van der Waals surface area contributed by atoms with Gasteiger partial charge in [0.05, 0.1) is 17.8 Å². The minimum Gasteiger partial charge on any atom is -0.481 e. The normalized spacial score (nSPS) is 10.7. The molecule has 8 heteroatoms. The van der Waals surface area contributed by atoms with Crippen molar-refractivity contribution in [3.8, 4) is 5.69 Å². The van der Waals surface area contributed by atoms with Gasteiger partial charge in [0.2, 0.25) is 0 Å². The zero-order valence-electron chi connectivity index (χ0n) is 9.69. The largest absolute Gasteiger partial charge is 0.481 e. The maximum Gasteiger partial charge on any atom is 0.309 e. The van der Waals surface area contributed by atoms with E-state index in [2.05, 4.69) is 10.3 Å². The lowest BCUT2D eigenvalue weighted by Crippen LogP contribution is -2.06. The summed E-state index contributed by atoms with van der Waals surface area (Å²) in [5, 5.41) is 15.7. The quantitative estimate of drug-likeness (QED) is 0.861. The van der Waals surface area contributed by atoms with Crippen molar-refractivity contribution in [3.05, 3.63) is 41.0 Å². The number of benzene rings is 1. The van der Waals surface area contributed by atoms with E-state index >= 15 is 0 Å². The van der Waals surface area contributed by atoms with Crippen molar-refractivity contribution in [2.75, 3.05) is 0 Å². The molecule has 1 aromatic heterocycles. The van der Waals surface area contributed by atoms with E-state index in [9.17, 15) is 18.0 Å². The smallest absolute Gasteiger partial charge is 0.309 e. The number of aromatic nitrogens is 3. The SMILES string of the molecule is Cc1c(CC(=O)O)nnn1-c1cc(F)cc(F)c1F. The third-order valence-electron chi connectivity index (χ3n) is 2.51. The topological polar surface area (TPSA) is 68.0 Å². The van der Waals surface area contributed by atoms with Gasteiger partial charge in [0, 0.05) is 12.1 Å². The average molecular weight is 271 g/mol. The molecule has 5 nitrogen and oxygen atoms in total. The summed E-state index contributed by atoms with van der Waals surface area (Å²) in [4.78, 5) is 10.6. The fourth-order valence-corrected chi connectivity index (χ4v) is 1.59. The van der Waals surface area contributed by atoms with Crippen LogP contribution in [0.2, 0.25) is 0 Å². The Bertz CT molecular complexity index is 655. The monoisotopic (exact) mass is 271 g/mol. The second-order valence-corrected chi connectivity index (χ2v) is 3.82. The molecule has 0 bridgehead atoms. The number of halogens is 3. The molecule has 0 unspecified atom stereocenters. The van der Waals surface area contributed by atoms with Gasteiger partial charge >= 0.3 is 5.97 Å². The van der Waals surface area contributed by atoms with Crippen LogP contribution in [0.3, 0.4) is 0 Å². The van der Waals surface area contributed by atoms with Crippen molar-refractivity contribution >= 4 is 5.97 Å². The molecule has 0 amide bonds. The fraction of sp³-hybridized carbons (Fsp3) is 0.182. The molecule has 2 rings (SSSR count). The molecule has 0 spiro atoms. The lowest BCUT2D eigenvalue weighted by molar-refractivity contribution is -0.136. The van der Waals surface area contributed by atoms with Gasteiger partial charge in [0.25, 0.3) is 0 Å². The summed E-state index contributed by atoms with van der Waals surface area (Å²) in [6.07, 6.45) is -0.411. The van der Waals surface area contributed by atoms with E-state index in [-0.39, 0.29) is 11.4 Å². The summed E-state index contributed by atoms with van der Waals surface area (Å²) < 4.78 is 40.6. The summed E-state index contributed by atoms with van der Waals surface area (Å²) in [5.41, 5.74) is -0.165. The fourth-order valence-electron chi connectivity index (χ4n) is 1.59. The third kappa shape index (κ3) is 2.42. The maximum atomic E-state index is 13.6. The van der Waals surface area contributed by atoms with E-state index in [1.54, 1.807) is 0 Å². The Morgan fingerprint density at radius 2 is 2.05 bits per heavy atom. The minimum absolute atomic E-state index is 0.0940. The zero-order valence-corrected chi connectivity index (χ0v) is 9.69. The lowest BCUT2D eigenvalue weighted by atomic mass is 10.2. The molecule has 1 heterocycles. The molecule has 0 aliphatic rings. The van der Waals surface area contributed by atoms with E-state index in [1.165, 1.54) is 6.92 Å². The van der Waals surface area contributed by atoms with Gasteiger partial charge < -0.3 is 5.11 Å². The number of rotatable bonds is 3. The van der Waals surface area contributed by atoms with Gasteiger partial charge in [-0.05, 0) is 6.92 Å². The van der Waals surface area contributed by atoms with Gasteiger partial charge in [0.15, 0.2) is 11.6 Å². The first-order chi connectivity index (χ1) is 8.90. The van der Waals surface area contributed by atoms with Crippen molar-refractivity contribution < 1.29 is 23.1 Å². The highest BCUT2D eigenvalue weighted by atomic mass is 19.2. The van der Waals surface area contributed by atoms with Crippen LogP contribution in [0.4, 0.5) is 13.2 Å². The highest BCUT2D eigenvalue weighted by Crippen LogP contribution is 2.20. The minimum atomic E-state index is -1.36. The predicted molar refractivity (Wildman–Crippen MR) is 57.3 cm³/mol. The molecule has 0 saturated carbocycles. The Morgan fingerprint density at radius 3 is 2.68 bits per heavy atom. The Balaban J connectivity index is 2.54. The first-order valence-electron chi connectivity index (χ1n) is 5.18. The number of aliphatic carboxylic acids is 1. The van der Waals surface area contributed by atoms with Crippen molar-refractivity contribution in [2.24, 2.45) is 0 Å². The second kappa shape index (κ2) is 4.71. The van der Waals surface area contributed by atoms with Gasteiger partial charge in [-0.25, -0.2) is 17.9 Å². The molecule has 0 radical (unpaired) electrons. The Labute approximate surface area is 105 Å². The molecular weight excluding hydrogens is 263 g/mol. The molecule has 2 aromatic rings. The van der Waals surface area contributed by atoms with Gasteiger partial charge in [-0.3, -0.25) is 4.79 Å². The molecule has 0 aliphatic carbocycles. The average Bonchev–Trinajstić information content (AvgIpc) is 2.65. The first kappa shape index (κ1) is 13.1. The van der Waals surface area contributed by atoms with Crippen molar-refractivity contribution in [2.45, 2.75) is 13.3 Å². The number of hydrogen-bond acceptors (Lipinski definition) is 3. The van der Waals surface area contributed by atoms with Crippen LogP contribution in [0.25, 0.3) is 5.69 Å². The summed E-state index contributed by atoms with van der Waals surface area (Å²) in [7, 11) is 0. The van der Waals surface area contributed by atoms with E-state index in [1.807, 2.05) is 0 Å². The number of hydrogen-bond donors (Lipinski definition) is 1. The van der Waals surface area contributed by atoms with Gasteiger partial charge in [-0.1, -0.05) is 5.21 Å². The Hall–Kier alpha value is -2.38. The van der Waals surface area contributed by atoms with Crippen LogP contribution < -0.4 is 0 Å². The van der Waals surface area contributed by atoms with E-state index in [0.29, 0.717) is 6.07 Å². The molecule has 0 fully saturated rings. The maximum absolute atomic E-state index is 13.6. The molecule has 1 aromatic carbocycles. The standard InChI is InChI=1S/C11H8F3N3O2/c1-5-8(4-10(18)19)15-16-17(5)9-3-6(12)2-7(13)11(9)14/h2-3H,4H2,1H3,(H,18,19). The molecule has 0 atom stereocenters. The van der Waals surface area contributed by atoms with Crippen LogP contribution >= 0.6 is 0 Å². The Morgan fingerprint density at radius 1 is 1.37 bits per heavy atom. The first-order valence-corrected chi connectivity index (χ1v) is 5.18. The van der Waals surface area contributed by atoms with Crippen molar-refractivity contribution in [1.29, 1.82) is 0 Å². The Kier molecular flexibility index (Phi) is 3.24. The molecule has 100 valence electrons. The third-order valence-corrected chi connectivity index (χ3v) is 2.51. The van der Waals surface area contributed by atoms with E-state index < -0.39 is 35.5 Å². The lowest BCUT2D eigenvalue weighted by Gasteiger charge is -2.06. The molecule has 0 saturated heterocycles. The summed E-state index contributed by atoms with van der Waals surface area (Å²) in [5.74, 6) is -4.74. The number of nitrogens with zero attached hydrogens (tertiary/aromatic N) is 3. The van der Waals surface area contributed by atoms with Gasteiger partial charge in [-0.15, -0.1) is 5.10 Å². The summed E-state index contributed by atoms with van der Waals surface area (Å²) in [6.45, 7) is 1.43. The zero-order chi connectivity index (χ0) is 14.2. The van der Waals surface area contributed by atoms with Crippen LogP contribution in [0.15, 0.2) is 12.1 Å². The van der Waals surface area contributed by atoms with Crippen LogP contribution in [-0.2, 0) is 11.2 Å². The number of carbonyl (C=O) groups is 1. The molecular formula is C11H8F3N3O2. The second-order valence-electron chi connectivity index (χ2n) is 3.82. The molecule has 19 heavy (non-hydrogen) atoms. The summed E-state index contributed by atoms with van der Waals surface area (Å²) >= 11 is 0. The summed E-state index contributed by atoms with van der Waals surface area (Å²) in [6, 6.07) is 1.16. The van der Waals surface area contributed by atoms with Gasteiger partial charge in [-0.2, -0.15) is 0 Å². The highest BCUT2D eigenvalue weighted by molar-refractivity contribution is 5.69. The van der Waals surface area contributed by atoms with Gasteiger partial charge in [0.1, 0.15) is 11.5 Å². The van der Waals surface area contributed by atoms with Crippen LogP contribution in [-0.4, -0.2) is 26.1 Å². The predicted octanol–water partition coefficient (Wildman–Crippen LogP) is 1.62.